The van der Waals surface area contributed by atoms with Crippen LogP contribution in [0.3, 0.4) is 0 Å². The van der Waals surface area contributed by atoms with E-state index in [1.807, 2.05) is 18.2 Å². The van der Waals surface area contributed by atoms with E-state index in [1.54, 1.807) is 24.8 Å². The summed E-state index contributed by atoms with van der Waals surface area (Å²) in [7, 11) is 0. The molecule has 0 unspecified atom stereocenters. The molecule has 0 bridgehead atoms. The first kappa shape index (κ1) is 20.3. The Kier molecular flexibility index (Phi) is 6.79. The Hall–Kier alpha value is -3.41. The molecule has 0 radical (unpaired) electrons. The zero-order chi connectivity index (χ0) is 20.6. The standard InChI is InChI=1S/C23H27N5O/c1-4-28(5-2)21-8-9-22(17(3)11-21)27-20-12-19(15-25-16-20)23(29)26-14-18-7-6-10-24-13-18/h6-13,15-16,27H,4-5,14H2,1-3H3,(H,26,29). The largest absolute Gasteiger partial charge is 0.372 e. The van der Waals surface area contributed by atoms with E-state index in [0.29, 0.717) is 12.1 Å². The van der Waals surface area contributed by atoms with Crippen LogP contribution in [-0.2, 0) is 6.54 Å². The van der Waals surface area contributed by atoms with E-state index in [4.69, 9.17) is 0 Å². The number of benzene rings is 1. The van der Waals surface area contributed by atoms with Crippen LogP contribution in [0.1, 0.15) is 35.3 Å². The predicted octanol–water partition coefficient (Wildman–Crippen LogP) is 4.30. The molecule has 0 saturated carbocycles. The molecule has 0 aliphatic heterocycles. The van der Waals surface area contributed by atoms with E-state index in [2.05, 4.69) is 64.5 Å². The van der Waals surface area contributed by atoms with Gasteiger partial charge in [0, 0.05) is 49.6 Å². The van der Waals surface area contributed by atoms with Gasteiger partial charge in [-0.15, -0.1) is 0 Å². The molecule has 0 fully saturated rings. The smallest absolute Gasteiger partial charge is 0.253 e. The molecule has 150 valence electrons. The molecule has 0 aliphatic carbocycles. The lowest BCUT2D eigenvalue weighted by Gasteiger charge is -2.22. The van der Waals surface area contributed by atoms with E-state index >= 15 is 0 Å². The van der Waals surface area contributed by atoms with Gasteiger partial charge in [-0.25, -0.2) is 0 Å². The van der Waals surface area contributed by atoms with E-state index in [0.717, 1.165) is 35.6 Å². The highest BCUT2D eigenvalue weighted by Gasteiger charge is 2.09. The summed E-state index contributed by atoms with van der Waals surface area (Å²) >= 11 is 0. The molecule has 0 aliphatic rings. The van der Waals surface area contributed by atoms with Gasteiger partial charge in [-0.1, -0.05) is 6.07 Å². The summed E-state index contributed by atoms with van der Waals surface area (Å²) in [4.78, 5) is 23.1. The van der Waals surface area contributed by atoms with Crippen molar-refractivity contribution in [3.63, 3.8) is 0 Å². The zero-order valence-electron chi connectivity index (χ0n) is 17.1. The van der Waals surface area contributed by atoms with E-state index in [-0.39, 0.29) is 5.91 Å². The normalized spacial score (nSPS) is 10.4. The fourth-order valence-corrected chi connectivity index (χ4v) is 3.15. The number of anilines is 3. The first-order valence-corrected chi connectivity index (χ1v) is 9.85. The highest BCUT2D eigenvalue weighted by Crippen LogP contribution is 2.25. The van der Waals surface area contributed by atoms with Gasteiger partial charge in [0.1, 0.15) is 0 Å². The number of aromatic nitrogens is 2. The lowest BCUT2D eigenvalue weighted by molar-refractivity contribution is 0.0950. The molecule has 0 spiro atoms. The predicted molar refractivity (Wildman–Crippen MR) is 118 cm³/mol. The topological polar surface area (TPSA) is 70.2 Å². The fraction of sp³-hybridized carbons (Fsp3) is 0.261. The summed E-state index contributed by atoms with van der Waals surface area (Å²) in [6.07, 6.45) is 6.73. The molecule has 2 N–H and O–H groups in total. The van der Waals surface area contributed by atoms with Crippen molar-refractivity contribution in [2.75, 3.05) is 23.3 Å². The number of carbonyl (C=O) groups is 1. The number of hydrogen-bond acceptors (Lipinski definition) is 5. The minimum Gasteiger partial charge on any atom is -0.372 e. The maximum Gasteiger partial charge on any atom is 0.253 e. The summed E-state index contributed by atoms with van der Waals surface area (Å²) in [5.41, 5.74) is 5.58. The minimum atomic E-state index is -0.168. The SMILES string of the molecule is CCN(CC)c1ccc(Nc2cncc(C(=O)NCc3cccnc3)c2)c(C)c1. The van der Waals surface area contributed by atoms with Crippen molar-refractivity contribution in [3.8, 4) is 0 Å². The van der Waals surface area contributed by atoms with Gasteiger partial charge in [0.15, 0.2) is 0 Å². The van der Waals surface area contributed by atoms with Gasteiger partial charge in [0.25, 0.3) is 5.91 Å². The van der Waals surface area contributed by atoms with Crippen LogP contribution in [0.15, 0.2) is 61.2 Å². The number of nitrogens with zero attached hydrogens (tertiary/aromatic N) is 3. The van der Waals surface area contributed by atoms with Gasteiger partial charge in [-0.3, -0.25) is 14.8 Å². The number of nitrogens with one attached hydrogen (secondary N) is 2. The van der Waals surface area contributed by atoms with Crippen molar-refractivity contribution in [2.24, 2.45) is 0 Å². The summed E-state index contributed by atoms with van der Waals surface area (Å²) in [5.74, 6) is -0.168. The molecule has 1 aromatic carbocycles. The van der Waals surface area contributed by atoms with Crippen LogP contribution in [0, 0.1) is 6.92 Å². The second kappa shape index (κ2) is 9.68. The molecule has 2 heterocycles. The number of carbonyl (C=O) groups excluding carboxylic acids is 1. The van der Waals surface area contributed by atoms with Crippen LogP contribution in [0.25, 0.3) is 0 Å². The van der Waals surface area contributed by atoms with Crippen LogP contribution in [0.2, 0.25) is 0 Å². The van der Waals surface area contributed by atoms with Gasteiger partial charge in [-0.05, 0) is 62.2 Å². The molecule has 29 heavy (non-hydrogen) atoms. The van der Waals surface area contributed by atoms with Crippen molar-refractivity contribution in [1.82, 2.24) is 15.3 Å². The number of amides is 1. The Morgan fingerprint density at radius 1 is 1.03 bits per heavy atom. The zero-order valence-corrected chi connectivity index (χ0v) is 17.1. The summed E-state index contributed by atoms with van der Waals surface area (Å²) in [6.45, 7) is 8.76. The van der Waals surface area contributed by atoms with Crippen LogP contribution < -0.4 is 15.5 Å². The Morgan fingerprint density at radius 2 is 1.86 bits per heavy atom. The van der Waals surface area contributed by atoms with Gasteiger partial charge in [0.05, 0.1) is 17.4 Å². The number of hydrogen-bond donors (Lipinski definition) is 2. The van der Waals surface area contributed by atoms with Crippen LogP contribution >= 0.6 is 0 Å². The third-order valence-corrected chi connectivity index (χ3v) is 4.79. The molecule has 2 aromatic heterocycles. The average molecular weight is 390 g/mol. The van der Waals surface area contributed by atoms with Crippen molar-refractivity contribution < 1.29 is 4.79 Å². The lowest BCUT2D eigenvalue weighted by atomic mass is 10.1. The molecule has 3 aromatic rings. The van der Waals surface area contributed by atoms with Crippen molar-refractivity contribution in [3.05, 3.63) is 77.9 Å². The van der Waals surface area contributed by atoms with Crippen molar-refractivity contribution in [2.45, 2.75) is 27.3 Å². The van der Waals surface area contributed by atoms with Crippen LogP contribution in [0.5, 0.6) is 0 Å². The van der Waals surface area contributed by atoms with Gasteiger partial charge in [-0.2, -0.15) is 0 Å². The molecule has 1 amide bonds. The molecular weight excluding hydrogens is 362 g/mol. The Morgan fingerprint density at radius 3 is 2.55 bits per heavy atom. The molecule has 6 heteroatoms. The minimum absolute atomic E-state index is 0.168. The van der Waals surface area contributed by atoms with E-state index in [9.17, 15) is 4.79 Å². The molecular formula is C23H27N5O. The lowest BCUT2D eigenvalue weighted by Crippen LogP contribution is -2.23. The first-order valence-electron chi connectivity index (χ1n) is 9.85. The molecule has 0 atom stereocenters. The maximum atomic E-state index is 12.5. The summed E-state index contributed by atoms with van der Waals surface area (Å²) in [6, 6.07) is 11.9. The molecule has 3 rings (SSSR count). The van der Waals surface area contributed by atoms with Gasteiger partial charge >= 0.3 is 0 Å². The number of pyridine rings is 2. The summed E-state index contributed by atoms with van der Waals surface area (Å²) in [5, 5.41) is 6.27. The Labute approximate surface area is 172 Å². The average Bonchev–Trinajstić information content (AvgIpc) is 2.75. The van der Waals surface area contributed by atoms with Crippen molar-refractivity contribution in [1.29, 1.82) is 0 Å². The molecule has 6 nitrogen and oxygen atoms in total. The highest BCUT2D eigenvalue weighted by molar-refractivity contribution is 5.94. The van der Waals surface area contributed by atoms with E-state index in [1.165, 1.54) is 5.69 Å². The monoisotopic (exact) mass is 389 g/mol. The van der Waals surface area contributed by atoms with Crippen molar-refractivity contribution >= 4 is 23.0 Å². The highest BCUT2D eigenvalue weighted by atomic mass is 16.1. The quantitative estimate of drug-likeness (QED) is 0.601. The molecule has 0 saturated heterocycles. The van der Waals surface area contributed by atoms with Crippen LogP contribution in [0.4, 0.5) is 17.1 Å². The first-order chi connectivity index (χ1) is 14.1. The third kappa shape index (κ3) is 5.31. The maximum absolute atomic E-state index is 12.5. The second-order valence-electron chi connectivity index (χ2n) is 6.80. The third-order valence-electron chi connectivity index (χ3n) is 4.79. The van der Waals surface area contributed by atoms with Crippen LogP contribution in [-0.4, -0.2) is 29.0 Å². The fourth-order valence-electron chi connectivity index (χ4n) is 3.15. The number of rotatable bonds is 8. The summed E-state index contributed by atoms with van der Waals surface area (Å²) < 4.78 is 0. The second-order valence-corrected chi connectivity index (χ2v) is 6.80. The van der Waals surface area contributed by atoms with Gasteiger partial charge in [0.2, 0.25) is 0 Å². The van der Waals surface area contributed by atoms with E-state index < -0.39 is 0 Å². The Bertz CT molecular complexity index is 954. The number of aryl methyl sites for hydroxylation is 1. The Balaban J connectivity index is 1.68. The van der Waals surface area contributed by atoms with Gasteiger partial charge < -0.3 is 15.5 Å².